The summed E-state index contributed by atoms with van der Waals surface area (Å²) in [6.45, 7) is 3.68. The molecule has 3 rings (SSSR count). The van der Waals surface area contributed by atoms with Crippen molar-refractivity contribution in [3.8, 4) is 0 Å². The normalized spacial score (nSPS) is 15.1. The van der Waals surface area contributed by atoms with Gasteiger partial charge in [0, 0.05) is 26.2 Å². The minimum Gasteiger partial charge on any atom is -0.336 e. The zero-order valence-electron chi connectivity index (χ0n) is 14.5. The number of hydrogen-bond acceptors (Lipinski definition) is 3. The molecule has 4 nitrogen and oxygen atoms in total. The lowest BCUT2D eigenvalue weighted by Crippen LogP contribution is -2.50. The van der Waals surface area contributed by atoms with Gasteiger partial charge in [-0.25, -0.2) is 8.78 Å². The number of benzene rings is 2. The van der Waals surface area contributed by atoms with Crippen LogP contribution in [0.2, 0.25) is 0 Å². The maximum Gasteiger partial charge on any atom is 0.256 e. The van der Waals surface area contributed by atoms with Crippen molar-refractivity contribution in [2.24, 2.45) is 0 Å². The molecule has 2 aromatic rings. The molecule has 136 valence electrons. The molecule has 1 amide bonds. The monoisotopic (exact) mass is 358 g/mol. The van der Waals surface area contributed by atoms with Crippen LogP contribution in [0.1, 0.15) is 26.3 Å². The smallest absolute Gasteiger partial charge is 0.256 e. The molecule has 0 unspecified atom stereocenters. The van der Waals surface area contributed by atoms with Crippen molar-refractivity contribution in [3.63, 3.8) is 0 Å². The summed E-state index contributed by atoms with van der Waals surface area (Å²) >= 11 is 0. The van der Waals surface area contributed by atoms with E-state index in [1.807, 2.05) is 11.8 Å². The summed E-state index contributed by atoms with van der Waals surface area (Å²) in [6, 6.07) is 10.4. The molecular formula is C20H20F2N2O2. The fraction of sp³-hybridized carbons (Fsp3) is 0.300. The Bertz CT molecular complexity index is 830. The van der Waals surface area contributed by atoms with Gasteiger partial charge in [-0.1, -0.05) is 23.8 Å². The van der Waals surface area contributed by atoms with Crippen molar-refractivity contribution in [1.29, 1.82) is 0 Å². The molecule has 1 saturated heterocycles. The van der Waals surface area contributed by atoms with Crippen molar-refractivity contribution >= 4 is 11.7 Å². The second-order valence-corrected chi connectivity index (χ2v) is 6.45. The maximum absolute atomic E-state index is 13.8. The van der Waals surface area contributed by atoms with Crippen molar-refractivity contribution < 1.29 is 18.4 Å². The minimum absolute atomic E-state index is 0.0545. The van der Waals surface area contributed by atoms with E-state index in [1.54, 1.807) is 29.2 Å². The lowest BCUT2D eigenvalue weighted by atomic mass is 10.1. The molecule has 0 aliphatic carbocycles. The Hall–Kier alpha value is -2.60. The van der Waals surface area contributed by atoms with Gasteiger partial charge in [-0.15, -0.1) is 0 Å². The second-order valence-electron chi connectivity index (χ2n) is 6.45. The van der Waals surface area contributed by atoms with Gasteiger partial charge >= 0.3 is 0 Å². The lowest BCUT2D eigenvalue weighted by molar-refractivity contribution is 0.0620. The number of piperazine rings is 1. The molecule has 1 aliphatic rings. The lowest BCUT2D eigenvalue weighted by Gasteiger charge is -2.34. The van der Waals surface area contributed by atoms with E-state index < -0.39 is 11.6 Å². The van der Waals surface area contributed by atoms with Gasteiger partial charge < -0.3 is 4.90 Å². The van der Waals surface area contributed by atoms with Crippen LogP contribution >= 0.6 is 0 Å². The highest BCUT2D eigenvalue weighted by Crippen LogP contribution is 2.14. The van der Waals surface area contributed by atoms with Gasteiger partial charge in [0.1, 0.15) is 11.6 Å². The van der Waals surface area contributed by atoms with E-state index in [4.69, 9.17) is 0 Å². The number of nitrogens with zero attached hydrogens (tertiary/aromatic N) is 2. The molecule has 0 aromatic heterocycles. The highest BCUT2D eigenvalue weighted by atomic mass is 19.1. The zero-order chi connectivity index (χ0) is 18.7. The zero-order valence-corrected chi connectivity index (χ0v) is 14.5. The van der Waals surface area contributed by atoms with E-state index in [0.717, 1.165) is 5.56 Å². The van der Waals surface area contributed by atoms with Crippen LogP contribution in [-0.2, 0) is 0 Å². The molecule has 0 bridgehead atoms. The number of Topliss-reactive ketones (excluding diaryl/α,β-unsaturated/α-hetero) is 1. The topological polar surface area (TPSA) is 40.6 Å². The maximum atomic E-state index is 13.8. The van der Waals surface area contributed by atoms with Crippen molar-refractivity contribution in [1.82, 2.24) is 9.80 Å². The number of rotatable bonds is 4. The molecule has 1 heterocycles. The minimum atomic E-state index is -0.537. The van der Waals surface area contributed by atoms with Gasteiger partial charge in [0.15, 0.2) is 5.78 Å². The van der Waals surface area contributed by atoms with Gasteiger partial charge in [-0.2, -0.15) is 0 Å². The number of carbonyl (C=O) groups is 2. The molecule has 0 atom stereocenters. The highest BCUT2D eigenvalue weighted by molar-refractivity contribution is 5.98. The summed E-state index contributed by atoms with van der Waals surface area (Å²) in [6.07, 6.45) is 0. The second kappa shape index (κ2) is 7.74. The van der Waals surface area contributed by atoms with Gasteiger partial charge in [-0.3, -0.25) is 14.5 Å². The van der Waals surface area contributed by atoms with E-state index >= 15 is 0 Å². The molecular weight excluding hydrogens is 338 g/mol. The number of aryl methyl sites for hydroxylation is 1. The number of ketones is 1. The number of amides is 1. The molecule has 1 fully saturated rings. The first kappa shape index (κ1) is 18.2. The molecule has 0 radical (unpaired) electrons. The SMILES string of the molecule is Cc1ccc(F)c(C(=O)CN2CCN(C(=O)c3ccccc3F)CC2)c1. The number of carbonyl (C=O) groups excluding carboxylic acids is 2. The Morgan fingerprint density at radius 1 is 0.923 bits per heavy atom. The molecule has 26 heavy (non-hydrogen) atoms. The van der Waals surface area contributed by atoms with E-state index in [9.17, 15) is 18.4 Å². The van der Waals surface area contributed by atoms with Crippen LogP contribution in [0.5, 0.6) is 0 Å². The van der Waals surface area contributed by atoms with Crippen LogP contribution in [0, 0.1) is 18.6 Å². The summed E-state index contributed by atoms with van der Waals surface area (Å²) in [7, 11) is 0. The first-order valence-corrected chi connectivity index (χ1v) is 8.51. The van der Waals surface area contributed by atoms with E-state index in [-0.39, 0.29) is 29.4 Å². The Balaban J connectivity index is 1.59. The third kappa shape index (κ3) is 3.96. The van der Waals surface area contributed by atoms with Crippen LogP contribution < -0.4 is 0 Å². The van der Waals surface area contributed by atoms with Gasteiger partial charge in [0.05, 0.1) is 17.7 Å². The largest absolute Gasteiger partial charge is 0.336 e. The summed E-state index contributed by atoms with van der Waals surface area (Å²) in [5.41, 5.74) is 0.976. The van der Waals surface area contributed by atoms with E-state index in [0.29, 0.717) is 26.2 Å². The molecule has 6 heteroatoms. The van der Waals surface area contributed by atoms with Crippen molar-refractivity contribution in [3.05, 3.63) is 70.8 Å². The van der Waals surface area contributed by atoms with Crippen LogP contribution in [-0.4, -0.2) is 54.2 Å². The number of halogens is 2. The Morgan fingerprint density at radius 2 is 1.58 bits per heavy atom. The Labute approximate surface area is 151 Å². The van der Waals surface area contributed by atoms with Crippen molar-refractivity contribution in [2.75, 3.05) is 32.7 Å². The van der Waals surface area contributed by atoms with E-state index in [1.165, 1.54) is 18.2 Å². The first-order chi connectivity index (χ1) is 12.5. The summed E-state index contributed by atoms with van der Waals surface area (Å²) in [5, 5.41) is 0. The average molecular weight is 358 g/mol. The van der Waals surface area contributed by atoms with Crippen LogP contribution in [0.3, 0.4) is 0 Å². The summed E-state index contributed by atoms with van der Waals surface area (Å²) in [5.74, 6) is -1.68. The quantitative estimate of drug-likeness (QED) is 0.789. The Morgan fingerprint density at radius 3 is 2.27 bits per heavy atom. The predicted octanol–water partition coefficient (Wildman–Crippen LogP) is 2.91. The van der Waals surface area contributed by atoms with Crippen LogP contribution in [0.25, 0.3) is 0 Å². The van der Waals surface area contributed by atoms with Gasteiger partial charge in [0.2, 0.25) is 0 Å². The third-order valence-electron chi connectivity index (χ3n) is 4.55. The fourth-order valence-corrected chi connectivity index (χ4v) is 3.06. The fourth-order valence-electron chi connectivity index (χ4n) is 3.06. The molecule has 0 saturated carbocycles. The van der Waals surface area contributed by atoms with Gasteiger partial charge in [0.25, 0.3) is 5.91 Å². The van der Waals surface area contributed by atoms with E-state index in [2.05, 4.69) is 0 Å². The standard InChI is InChI=1S/C20H20F2N2O2/c1-14-6-7-18(22)16(12-14)19(25)13-23-8-10-24(11-9-23)20(26)15-4-2-3-5-17(15)21/h2-7,12H,8-11,13H2,1H3. The van der Waals surface area contributed by atoms with Crippen LogP contribution in [0.4, 0.5) is 8.78 Å². The first-order valence-electron chi connectivity index (χ1n) is 8.51. The number of hydrogen-bond donors (Lipinski definition) is 0. The molecule has 0 N–H and O–H groups in total. The summed E-state index contributed by atoms with van der Waals surface area (Å²) in [4.78, 5) is 28.2. The molecule has 1 aliphatic heterocycles. The van der Waals surface area contributed by atoms with Crippen LogP contribution in [0.15, 0.2) is 42.5 Å². The molecule has 2 aromatic carbocycles. The highest BCUT2D eigenvalue weighted by Gasteiger charge is 2.25. The predicted molar refractivity (Wildman–Crippen MR) is 94.2 cm³/mol. The summed E-state index contributed by atoms with van der Waals surface area (Å²) < 4.78 is 27.6. The van der Waals surface area contributed by atoms with Gasteiger partial charge in [-0.05, 0) is 31.2 Å². The van der Waals surface area contributed by atoms with Crippen molar-refractivity contribution in [2.45, 2.75) is 6.92 Å². The Kier molecular flexibility index (Phi) is 5.42. The average Bonchev–Trinajstić information content (AvgIpc) is 2.64. The third-order valence-corrected chi connectivity index (χ3v) is 4.55. The molecule has 0 spiro atoms.